The van der Waals surface area contributed by atoms with Gasteiger partial charge in [-0.05, 0) is 18.8 Å². The van der Waals surface area contributed by atoms with Crippen LogP contribution in [0.25, 0.3) is 0 Å². The summed E-state index contributed by atoms with van der Waals surface area (Å²) in [5, 5.41) is 0. The van der Waals surface area contributed by atoms with Gasteiger partial charge in [-0.25, -0.2) is 4.39 Å². The van der Waals surface area contributed by atoms with Crippen molar-refractivity contribution in [3.63, 3.8) is 0 Å². The molecule has 0 spiro atoms. The van der Waals surface area contributed by atoms with E-state index in [1.54, 1.807) is 0 Å². The smallest absolute Gasteiger partial charge is 0.170 e. The third-order valence-electron chi connectivity index (χ3n) is 2.20. The zero-order chi connectivity index (χ0) is 5.78. The zero-order valence-electron chi connectivity index (χ0n) is 4.48. The fraction of sp³-hybridized carbons (Fsp3) is 0.833. The molecule has 3 fully saturated rings. The second-order valence-corrected chi connectivity index (χ2v) is 2.87. The SMILES string of the molecule is O=C1CC2CC1(F)C2. The van der Waals surface area contributed by atoms with Crippen molar-refractivity contribution in [2.45, 2.75) is 24.9 Å². The van der Waals surface area contributed by atoms with Gasteiger partial charge >= 0.3 is 0 Å². The van der Waals surface area contributed by atoms with Crippen LogP contribution < -0.4 is 0 Å². The summed E-state index contributed by atoms with van der Waals surface area (Å²) in [6.07, 6.45) is 1.55. The third kappa shape index (κ3) is 0.308. The molecule has 0 N–H and O–H groups in total. The van der Waals surface area contributed by atoms with Crippen LogP contribution in [0.3, 0.4) is 0 Å². The molecule has 0 radical (unpaired) electrons. The highest BCUT2D eigenvalue weighted by Crippen LogP contribution is 2.51. The summed E-state index contributed by atoms with van der Waals surface area (Å²) in [7, 11) is 0. The summed E-state index contributed by atoms with van der Waals surface area (Å²) in [5.74, 6) is 0.259. The van der Waals surface area contributed by atoms with E-state index in [1.165, 1.54) is 0 Å². The first kappa shape index (κ1) is 4.48. The second kappa shape index (κ2) is 0.971. The first-order valence-electron chi connectivity index (χ1n) is 2.93. The van der Waals surface area contributed by atoms with Gasteiger partial charge in [0, 0.05) is 6.42 Å². The van der Waals surface area contributed by atoms with Crippen LogP contribution in [0.1, 0.15) is 19.3 Å². The number of fused-ring (bicyclic) bond motifs is 1. The molecule has 44 valence electrons. The van der Waals surface area contributed by atoms with Gasteiger partial charge in [0.15, 0.2) is 11.5 Å². The number of hydrogen-bond acceptors (Lipinski definition) is 1. The average molecular weight is 114 g/mol. The monoisotopic (exact) mass is 114 g/mol. The Labute approximate surface area is 46.9 Å². The molecule has 0 aliphatic heterocycles. The number of carbonyl (C=O) groups excluding carboxylic acids is 1. The van der Waals surface area contributed by atoms with Gasteiger partial charge < -0.3 is 0 Å². The van der Waals surface area contributed by atoms with Crippen molar-refractivity contribution in [2.75, 3.05) is 0 Å². The van der Waals surface area contributed by atoms with E-state index in [0.29, 0.717) is 25.2 Å². The zero-order valence-corrected chi connectivity index (χ0v) is 4.48. The van der Waals surface area contributed by atoms with Crippen molar-refractivity contribution in [1.82, 2.24) is 0 Å². The Morgan fingerprint density at radius 2 is 2.25 bits per heavy atom. The molecular weight excluding hydrogens is 107 g/mol. The molecule has 3 aliphatic rings. The first-order chi connectivity index (χ1) is 3.71. The fourth-order valence-electron chi connectivity index (χ4n) is 1.67. The summed E-state index contributed by atoms with van der Waals surface area (Å²) < 4.78 is 12.7. The number of Topliss-reactive ketones (excluding diaryl/α,β-unsaturated/α-hetero) is 1. The maximum atomic E-state index is 12.7. The quantitative estimate of drug-likeness (QED) is 0.460. The van der Waals surface area contributed by atoms with E-state index < -0.39 is 5.67 Å². The molecule has 3 saturated carbocycles. The minimum Gasteiger partial charge on any atom is -0.296 e. The van der Waals surface area contributed by atoms with Crippen LogP contribution >= 0.6 is 0 Å². The van der Waals surface area contributed by atoms with Gasteiger partial charge in [-0.3, -0.25) is 4.79 Å². The summed E-state index contributed by atoms with van der Waals surface area (Å²) in [6.45, 7) is 0. The molecule has 0 saturated heterocycles. The predicted octanol–water partition coefficient (Wildman–Crippen LogP) is 1.08. The molecule has 1 nitrogen and oxygen atoms in total. The van der Waals surface area contributed by atoms with Crippen LogP contribution in [0, 0.1) is 5.92 Å². The van der Waals surface area contributed by atoms with Gasteiger partial charge in [0.2, 0.25) is 0 Å². The molecule has 3 rings (SSSR count). The lowest BCUT2D eigenvalue weighted by atomic mass is 9.82. The number of alkyl halides is 1. The molecule has 0 aromatic rings. The van der Waals surface area contributed by atoms with E-state index in [9.17, 15) is 9.18 Å². The minimum atomic E-state index is -1.34. The molecule has 3 aliphatic carbocycles. The second-order valence-electron chi connectivity index (χ2n) is 2.87. The number of halogens is 1. The number of ketones is 1. The van der Waals surface area contributed by atoms with Gasteiger partial charge in [-0.15, -0.1) is 0 Å². The molecule has 0 aromatic carbocycles. The van der Waals surface area contributed by atoms with E-state index >= 15 is 0 Å². The van der Waals surface area contributed by atoms with Gasteiger partial charge in [-0.2, -0.15) is 0 Å². The highest BCUT2D eigenvalue weighted by atomic mass is 19.1. The summed E-state index contributed by atoms with van der Waals surface area (Å²) >= 11 is 0. The van der Waals surface area contributed by atoms with E-state index in [0.717, 1.165) is 0 Å². The average Bonchev–Trinajstić information content (AvgIpc) is 1.90. The largest absolute Gasteiger partial charge is 0.296 e. The number of rotatable bonds is 0. The molecular formula is C6H7FO. The maximum absolute atomic E-state index is 12.7. The lowest BCUT2D eigenvalue weighted by Gasteiger charge is -2.27. The van der Waals surface area contributed by atoms with Crippen LogP contribution in [0.4, 0.5) is 4.39 Å². The topological polar surface area (TPSA) is 17.1 Å². The van der Waals surface area contributed by atoms with Crippen molar-refractivity contribution in [1.29, 1.82) is 0 Å². The van der Waals surface area contributed by atoms with Crippen molar-refractivity contribution in [2.24, 2.45) is 5.92 Å². The van der Waals surface area contributed by atoms with Gasteiger partial charge in [-0.1, -0.05) is 0 Å². The van der Waals surface area contributed by atoms with E-state index in [1.807, 2.05) is 0 Å². The highest BCUT2D eigenvalue weighted by molar-refractivity contribution is 5.92. The molecule has 2 heteroatoms. The van der Waals surface area contributed by atoms with Crippen LogP contribution in [0.2, 0.25) is 0 Å². The molecule has 0 amide bonds. The molecule has 0 heterocycles. The lowest BCUT2D eigenvalue weighted by molar-refractivity contribution is -0.127. The van der Waals surface area contributed by atoms with Crippen LogP contribution in [0.15, 0.2) is 0 Å². The Morgan fingerprint density at radius 3 is 2.38 bits per heavy atom. The lowest BCUT2D eigenvalue weighted by Crippen LogP contribution is -2.34. The van der Waals surface area contributed by atoms with Crippen molar-refractivity contribution in [3.05, 3.63) is 0 Å². The Balaban J connectivity index is 2.33. The first-order valence-corrected chi connectivity index (χ1v) is 2.93. The third-order valence-corrected chi connectivity index (χ3v) is 2.20. The molecule has 0 aromatic heterocycles. The molecule has 2 bridgehead atoms. The summed E-state index contributed by atoms with van der Waals surface area (Å²) in [4.78, 5) is 10.6. The van der Waals surface area contributed by atoms with Crippen LogP contribution in [-0.2, 0) is 4.79 Å². The summed E-state index contributed by atoms with van der Waals surface area (Å²) in [6, 6.07) is 0. The van der Waals surface area contributed by atoms with E-state index in [2.05, 4.69) is 0 Å². The van der Waals surface area contributed by atoms with Crippen molar-refractivity contribution >= 4 is 5.78 Å². The van der Waals surface area contributed by atoms with Crippen molar-refractivity contribution < 1.29 is 9.18 Å². The standard InChI is InChI=1S/C6H7FO/c7-6-2-4(3-6)1-5(6)8/h4H,1-3H2. The Bertz CT molecular complexity index is 147. The predicted molar refractivity (Wildman–Crippen MR) is 26.2 cm³/mol. The highest BCUT2D eigenvalue weighted by Gasteiger charge is 2.57. The molecule has 8 heavy (non-hydrogen) atoms. The van der Waals surface area contributed by atoms with Gasteiger partial charge in [0.25, 0.3) is 0 Å². The van der Waals surface area contributed by atoms with E-state index in [4.69, 9.17) is 0 Å². The molecule has 0 unspecified atom stereocenters. The minimum absolute atomic E-state index is 0.150. The number of hydrogen-bond donors (Lipinski definition) is 0. The summed E-state index contributed by atoms with van der Waals surface area (Å²) in [5.41, 5.74) is -1.34. The maximum Gasteiger partial charge on any atom is 0.170 e. The van der Waals surface area contributed by atoms with Gasteiger partial charge in [0.1, 0.15) is 0 Å². The normalized spacial score (nSPS) is 51.6. The molecule has 0 atom stereocenters. The Hall–Kier alpha value is -0.400. The van der Waals surface area contributed by atoms with Crippen molar-refractivity contribution in [3.8, 4) is 0 Å². The fourth-order valence-corrected chi connectivity index (χ4v) is 1.67. The number of carbonyl (C=O) groups is 1. The van der Waals surface area contributed by atoms with Crippen LogP contribution in [-0.4, -0.2) is 11.5 Å². The van der Waals surface area contributed by atoms with E-state index in [-0.39, 0.29) is 5.78 Å². The van der Waals surface area contributed by atoms with Crippen LogP contribution in [0.5, 0.6) is 0 Å². The van der Waals surface area contributed by atoms with Gasteiger partial charge in [0.05, 0.1) is 0 Å². The Kier molecular flexibility index (Phi) is 0.543. The Morgan fingerprint density at radius 1 is 1.62 bits per heavy atom.